The molecule has 2 aromatic rings. The molecular weight excluding hydrogens is 288 g/mol. The van der Waals surface area contributed by atoms with E-state index < -0.39 is 0 Å². The topological polar surface area (TPSA) is 43.2 Å². The van der Waals surface area contributed by atoms with Crippen molar-refractivity contribution in [2.45, 2.75) is 38.1 Å². The number of pyridine rings is 1. The first kappa shape index (κ1) is 15.1. The second kappa shape index (κ2) is 6.57. The fourth-order valence-electron chi connectivity index (χ4n) is 4.15. The van der Waals surface area contributed by atoms with Gasteiger partial charge in [0.25, 0.3) is 0 Å². The van der Waals surface area contributed by atoms with Gasteiger partial charge in [-0.2, -0.15) is 0 Å². The number of aromatic nitrogens is 3. The van der Waals surface area contributed by atoms with Gasteiger partial charge in [-0.1, -0.05) is 0 Å². The highest BCUT2D eigenvalue weighted by Crippen LogP contribution is 2.29. The Labute approximate surface area is 137 Å². The van der Waals surface area contributed by atoms with Crippen molar-refractivity contribution in [1.82, 2.24) is 19.4 Å². The molecule has 5 heteroatoms. The molecule has 23 heavy (non-hydrogen) atoms. The Kier molecular flexibility index (Phi) is 4.31. The first-order valence-corrected chi connectivity index (χ1v) is 8.89. The Morgan fingerprint density at radius 3 is 2.96 bits per heavy atom. The Morgan fingerprint density at radius 1 is 1.26 bits per heavy atom. The number of imidazole rings is 1. The SMILES string of the molecule is CN1CCCC(Cc2nc3cccnc3n2C2CCOCC2)C1. The van der Waals surface area contributed by atoms with Crippen LogP contribution in [0.4, 0.5) is 0 Å². The van der Waals surface area contributed by atoms with E-state index in [0.717, 1.165) is 43.6 Å². The summed E-state index contributed by atoms with van der Waals surface area (Å²) in [6, 6.07) is 4.57. The van der Waals surface area contributed by atoms with Crippen molar-refractivity contribution < 1.29 is 4.74 Å². The number of hydrogen-bond acceptors (Lipinski definition) is 4. The van der Waals surface area contributed by atoms with E-state index in [4.69, 9.17) is 9.72 Å². The summed E-state index contributed by atoms with van der Waals surface area (Å²) in [7, 11) is 2.23. The van der Waals surface area contributed by atoms with E-state index in [1.54, 1.807) is 0 Å². The Balaban J connectivity index is 1.67. The summed E-state index contributed by atoms with van der Waals surface area (Å²) in [4.78, 5) is 12.0. The van der Waals surface area contributed by atoms with E-state index in [0.29, 0.717) is 12.0 Å². The van der Waals surface area contributed by atoms with Crippen molar-refractivity contribution in [3.63, 3.8) is 0 Å². The van der Waals surface area contributed by atoms with Crippen molar-refractivity contribution in [2.75, 3.05) is 33.4 Å². The van der Waals surface area contributed by atoms with Crippen LogP contribution in [0.25, 0.3) is 11.2 Å². The number of hydrogen-bond donors (Lipinski definition) is 0. The molecule has 2 fully saturated rings. The maximum atomic E-state index is 5.55. The molecule has 2 aromatic heterocycles. The minimum atomic E-state index is 0.486. The fraction of sp³-hybridized carbons (Fsp3) is 0.667. The van der Waals surface area contributed by atoms with Gasteiger partial charge < -0.3 is 14.2 Å². The van der Waals surface area contributed by atoms with Crippen LogP contribution in [0.2, 0.25) is 0 Å². The number of rotatable bonds is 3. The third kappa shape index (κ3) is 3.12. The number of ether oxygens (including phenoxy) is 1. The van der Waals surface area contributed by atoms with E-state index in [9.17, 15) is 0 Å². The summed E-state index contributed by atoms with van der Waals surface area (Å²) in [5.74, 6) is 1.94. The predicted molar refractivity (Wildman–Crippen MR) is 90.5 cm³/mol. The lowest BCUT2D eigenvalue weighted by Gasteiger charge is -2.30. The summed E-state index contributed by atoms with van der Waals surface area (Å²) < 4.78 is 7.98. The van der Waals surface area contributed by atoms with Crippen LogP contribution in [0.5, 0.6) is 0 Å². The zero-order chi connectivity index (χ0) is 15.6. The minimum absolute atomic E-state index is 0.486. The Bertz CT molecular complexity index is 662. The molecule has 2 saturated heterocycles. The van der Waals surface area contributed by atoms with Gasteiger partial charge in [-0.25, -0.2) is 9.97 Å². The molecule has 0 amide bonds. The smallest absolute Gasteiger partial charge is 0.160 e. The van der Waals surface area contributed by atoms with Crippen molar-refractivity contribution in [3.05, 3.63) is 24.2 Å². The van der Waals surface area contributed by atoms with Gasteiger partial charge in [0.2, 0.25) is 0 Å². The number of piperidine rings is 1. The molecule has 5 nitrogen and oxygen atoms in total. The van der Waals surface area contributed by atoms with Gasteiger partial charge in [-0.15, -0.1) is 0 Å². The Morgan fingerprint density at radius 2 is 2.13 bits per heavy atom. The van der Waals surface area contributed by atoms with Crippen LogP contribution in [0.15, 0.2) is 18.3 Å². The Hall–Kier alpha value is -1.46. The number of nitrogens with zero attached hydrogens (tertiary/aromatic N) is 4. The second-order valence-electron chi connectivity index (χ2n) is 7.06. The molecule has 0 N–H and O–H groups in total. The summed E-state index contributed by atoms with van der Waals surface area (Å²) in [5, 5.41) is 0. The molecule has 0 aliphatic carbocycles. The third-order valence-corrected chi connectivity index (χ3v) is 5.27. The van der Waals surface area contributed by atoms with Crippen LogP contribution in [-0.4, -0.2) is 52.8 Å². The maximum Gasteiger partial charge on any atom is 0.160 e. The lowest BCUT2D eigenvalue weighted by atomic mass is 9.94. The summed E-state index contributed by atoms with van der Waals surface area (Å²) in [6.07, 6.45) is 7.71. The highest BCUT2D eigenvalue weighted by molar-refractivity contribution is 5.71. The van der Waals surface area contributed by atoms with Crippen LogP contribution in [0.1, 0.15) is 37.5 Å². The zero-order valence-electron chi connectivity index (χ0n) is 13.9. The van der Waals surface area contributed by atoms with E-state index in [2.05, 4.69) is 27.6 Å². The lowest BCUT2D eigenvalue weighted by molar-refractivity contribution is 0.0694. The second-order valence-corrected chi connectivity index (χ2v) is 7.06. The normalized spacial score (nSPS) is 24.3. The fourth-order valence-corrected chi connectivity index (χ4v) is 4.15. The van der Waals surface area contributed by atoms with Crippen LogP contribution < -0.4 is 0 Å². The van der Waals surface area contributed by atoms with E-state index in [1.165, 1.54) is 31.8 Å². The van der Waals surface area contributed by atoms with Crippen LogP contribution in [0.3, 0.4) is 0 Å². The zero-order valence-corrected chi connectivity index (χ0v) is 13.9. The van der Waals surface area contributed by atoms with E-state index >= 15 is 0 Å². The monoisotopic (exact) mass is 314 g/mol. The highest BCUT2D eigenvalue weighted by atomic mass is 16.5. The van der Waals surface area contributed by atoms with Gasteiger partial charge in [0.15, 0.2) is 5.65 Å². The first-order valence-electron chi connectivity index (χ1n) is 8.89. The van der Waals surface area contributed by atoms with Gasteiger partial charge in [-0.05, 0) is 57.3 Å². The molecule has 4 heterocycles. The average Bonchev–Trinajstić information content (AvgIpc) is 2.93. The molecule has 0 spiro atoms. The molecule has 124 valence electrons. The molecule has 0 bridgehead atoms. The third-order valence-electron chi connectivity index (χ3n) is 5.27. The van der Waals surface area contributed by atoms with Gasteiger partial charge in [0, 0.05) is 38.4 Å². The molecule has 4 rings (SSSR count). The quantitative estimate of drug-likeness (QED) is 0.873. The largest absolute Gasteiger partial charge is 0.381 e. The van der Waals surface area contributed by atoms with Crippen molar-refractivity contribution in [1.29, 1.82) is 0 Å². The maximum absolute atomic E-state index is 5.55. The molecule has 2 aliphatic rings. The number of likely N-dealkylation sites (tertiary alicyclic amines) is 1. The molecule has 1 unspecified atom stereocenters. The standard InChI is InChI=1S/C18H26N4O/c1-21-9-3-4-14(13-21)12-17-20-16-5-2-8-19-18(16)22(17)15-6-10-23-11-7-15/h2,5,8,14-15H,3-4,6-7,9-13H2,1H3. The average molecular weight is 314 g/mol. The summed E-state index contributed by atoms with van der Waals surface area (Å²) in [5.41, 5.74) is 2.09. The van der Waals surface area contributed by atoms with Crippen LogP contribution in [0, 0.1) is 5.92 Å². The van der Waals surface area contributed by atoms with Crippen LogP contribution in [-0.2, 0) is 11.2 Å². The van der Waals surface area contributed by atoms with Gasteiger partial charge >= 0.3 is 0 Å². The summed E-state index contributed by atoms with van der Waals surface area (Å²) >= 11 is 0. The first-order chi connectivity index (χ1) is 11.3. The van der Waals surface area contributed by atoms with Crippen molar-refractivity contribution in [3.8, 4) is 0 Å². The van der Waals surface area contributed by atoms with Crippen molar-refractivity contribution in [2.24, 2.45) is 5.92 Å². The molecule has 1 atom stereocenters. The molecular formula is C18H26N4O. The van der Waals surface area contributed by atoms with Crippen molar-refractivity contribution >= 4 is 11.2 Å². The number of fused-ring (bicyclic) bond motifs is 1. The van der Waals surface area contributed by atoms with Gasteiger partial charge in [0.1, 0.15) is 11.3 Å². The molecule has 0 radical (unpaired) electrons. The van der Waals surface area contributed by atoms with E-state index in [1.807, 2.05) is 12.3 Å². The molecule has 2 aliphatic heterocycles. The molecule has 0 aromatic carbocycles. The highest BCUT2D eigenvalue weighted by Gasteiger charge is 2.25. The predicted octanol–water partition coefficient (Wildman–Crippen LogP) is 2.67. The minimum Gasteiger partial charge on any atom is -0.381 e. The van der Waals surface area contributed by atoms with E-state index in [-0.39, 0.29) is 0 Å². The lowest BCUT2D eigenvalue weighted by Crippen LogP contribution is -2.33. The summed E-state index contributed by atoms with van der Waals surface area (Å²) in [6.45, 7) is 4.12. The van der Waals surface area contributed by atoms with Crippen LogP contribution >= 0.6 is 0 Å². The van der Waals surface area contributed by atoms with Gasteiger partial charge in [-0.3, -0.25) is 0 Å². The van der Waals surface area contributed by atoms with Gasteiger partial charge in [0.05, 0.1) is 0 Å². The molecule has 0 saturated carbocycles.